The van der Waals surface area contributed by atoms with Gasteiger partial charge in [0.05, 0.1) is 24.7 Å². The minimum Gasteiger partial charge on any atom is -0.394 e. The third-order valence-corrected chi connectivity index (χ3v) is 4.93. The smallest absolute Gasteiger partial charge is 0.243 e. The number of carbonyl (C=O) groups excluding carboxylic acids is 1. The normalized spacial score (nSPS) is 23.9. The van der Waals surface area contributed by atoms with Crippen LogP contribution in [0.2, 0.25) is 0 Å². The first kappa shape index (κ1) is 20.2. The van der Waals surface area contributed by atoms with Crippen molar-refractivity contribution in [2.75, 3.05) is 26.4 Å². The summed E-state index contributed by atoms with van der Waals surface area (Å²) in [5.41, 5.74) is 7.15. The number of aliphatic hydroxyl groups excluding tert-OH is 3. The van der Waals surface area contributed by atoms with Crippen LogP contribution < -0.4 is 5.73 Å². The van der Waals surface area contributed by atoms with E-state index in [-0.39, 0.29) is 29.7 Å². The van der Waals surface area contributed by atoms with Gasteiger partial charge in [-0.05, 0) is 0 Å². The number of amides is 1. The maximum absolute atomic E-state index is 11.9. The molecular formula is C17H22N8O5. The number of hydrogen-bond donors (Lipinski definition) is 4. The van der Waals surface area contributed by atoms with Crippen LogP contribution in [0, 0.1) is 0 Å². The highest BCUT2D eigenvalue weighted by atomic mass is 16.6. The number of anilines is 1. The summed E-state index contributed by atoms with van der Waals surface area (Å²) >= 11 is 0. The van der Waals surface area contributed by atoms with E-state index in [1.807, 2.05) is 0 Å². The fourth-order valence-corrected chi connectivity index (χ4v) is 3.21. The molecule has 13 heteroatoms. The lowest BCUT2D eigenvalue weighted by atomic mass is 10.1. The summed E-state index contributed by atoms with van der Waals surface area (Å²) in [5.74, 6) is 0.234. The van der Waals surface area contributed by atoms with Gasteiger partial charge in [-0.2, -0.15) is 5.10 Å². The number of nitrogens with zero attached hydrogens (tertiary/aromatic N) is 7. The molecule has 1 amide bonds. The van der Waals surface area contributed by atoms with Gasteiger partial charge in [-0.25, -0.2) is 15.0 Å². The summed E-state index contributed by atoms with van der Waals surface area (Å²) in [6.45, 7) is -0.389. The van der Waals surface area contributed by atoms with Crippen LogP contribution in [0.1, 0.15) is 6.23 Å². The molecule has 0 bridgehead atoms. The molecule has 13 nitrogen and oxygen atoms in total. The van der Waals surface area contributed by atoms with Gasteiger partial charge >= 0.3 is 0 Å². The SMILES string of the molecule is CN(C)C(=O)Cn1cc(-c2nc(N)c3ncn([C@@H]4O[C@H](CO)[C@@H](O)[C@H]4O)c3n2)cn1. The summed E-state index contributed by atoms with van der Waals surface area (Å²) in [6.07, 6.45) is 0.00567. The van der Waals surface area contributed by atoms with Crippen molar-refractivity contribution in [1.29, 1.82) is 0 Å². The number of nitrogens with two attached hydrogens (primary N) is 1. The first-order chi connectivity index (χ1) is 14.3. The summed E-state index contributed by atoms with van der Waals surface area (Å²) in [7, 11) is 3.31. The molecule has 4 atom stereocenters. The number of carbonyl (C=O) groups is 1. The molecule has 5 N–H and O–H groups in total. The Morgan fingerprint density at radius 3 is 2.73 bits per heavy atom. The monoisotopic (exact) mass is 418 g/mol. The Bertz CT molecular complexity index is 1080. The van der Waals surface area contributed by atoms with Crippen LogP contribution in [0.25, 0.3) is 22.6 Å². The Balaban J connectivity index is 1.70. The molecule has 0 spiro atoms. The predicted molar refractivity (Wildman–Crippen MR) is 103 cm³/mol. The van der Waals surface area contributed by atoms with Gasteiger partial charge in [0.15, 0.2) is 23.5 Å². The number of hydrogen-bond acceptors (Lipinski definition) is 10. The number of aromatic nitrogens is 6. The standard InChI is InChI=1S/C17H22N8O5/c1-23(2)10(27)5-24-4-8(3-20-24)15-21-14(18)11-16(22-15)25(7-19-11)17-13(29)12(28)9(6-26)30-17/h3-4,7,9,12-13,17,26,28-29H,5-6H2,1-2H3,(H2,18,21,22)/t9-,12-,13-,17-/m1/s1. The average Bonchev–Trinajstić information content (AvgIpc) is 3.41. The summed E-state index contributed by atoms with van der Waals surface area (Å²) < 4.78 is 8.45. The van der Waals surface area contributed by atoms with Crippen molar-refractivity contribution in [3.05, 3.63) is 18.7 Å². The zero-order valence-corrected chi connectivity index (χ0v) is 16.3. The highest BCUT2D eigenvalue weighted by Gasteiger charge is 2.44. The van der Waals surface area contributed by atoms with Gasteiger partial charge in [-0.3, -0.25) is 14.0 Å². The molecule has 1 saturated heterocycles. The van der Waals surface area contributed by atoms with E-state index in [2.05, 4.69) is 20.1 Å². The topological polar surface area (TPSA) is 178 Å². The van der Waals surface area contributed by atoms with Crippen molar-refractivity contribution in [2.24, 2.45) is 0 Å². The highest BCUT2D eigenvalue weighted by Crippen LogP contribution is 2.32. The van der Waals surface area contributed by atoms with Gasteiger partial charge in [0.25, 0.3) is 0 Å². The molecule has 0 unspecified atom stereocenters. The Morgan fingerprint density at radius 2 is 2.07 bits per heavy atom. The van der Waals surface area contributed by atoms with Gasteiger partial charge < -0.3 is 30.7 Å². The van der Waals surface area contributed by atoms with Crippen LogP contribution in [-0.4, -0.2) is 94.4 Å². The second-order valence-corrected chi connectivity index (χ2v) is 7.20. The van der Waals surface area contributed by atoms with E-state index in [0.29, 0.717) is 11.1 Å². The third-order valence-electron chi connectivity index (χ3n) is 4.93. The van der Waals surface area contributed by atoms with Crippen LogP contribution in [0.4, 0.5) is 5.82 Å². The number of rotatable bonds is 5. The molecule has 4 heterocycles. The van der Waals surface area contributed by atoms with E-state index in [4.69, 9.17) is 10.5 Å². The minimum atomic E-state index is -1.29. The zero-order valence-electron chi connectivity index (χ0n) is 16.3. The fourth-order valence-electron chi connectivity index (χ4n) is 3.21. The second kappa shape index (κ2) is 7.60. The highest BCUT2D eigenvalue weighted by molar-refractivity contribution is 5.83. The summed E-state index contributed by atoms with van der Waals surface area (Å²) in [6, 6.07) is 0. The van der Waals surface area contributed by atoms with Crippen LogP contribution in [0.15, 0.2) is 18.7 Å². The van der Waals surface area contributed by atoms with Crippen LogP contribution in [0.5, 0.6) is 0 Å². The Labute approximate surface area is 170 Å². The van der Waals surface area contributed by atoms with Gasteiger partial charge in [0.1, 0.15) is 30.4 Å². The van der Waals surface area contributed by atoms with Crippen LogP contribution >= 0.6 is 0 Å². The van der Waals surface area contributed by atoms with Gasteiger partial charge in [-0.15, -0.1) is 0 Å². The van der Waals surface area contributed by atoms with Crippen molar-refractivity contribution in [1.82, 2.24) is 34.2 Å². The van der Waals surface area contributed by atoms with Crippen molar-refractivity contribution >= 4 is 22.9 Å². The first-order valence-electron chi connectivity index (χ1n) is 9.15. The Hall–Kier alpha value is -3.13. The largest absolute Gasteiger partial charge is 0.394 e. The molecule has 0 aromatic carbocycles. The van der Waals surface area contributed by atoms with Crippen molar-refractivity contribution in [3.8, 4) is 11.4 Å². The number of ether oxygens (including phenoxy) is 1. The van der Waals surface area contributed by atoms with Crippen LogP contribution in [0.3, 0.4) is 0 Å². The molecule has 1 aliphatic rings. The molecule has 3 aromatic heterocycles. The quantitative estimate of drug-likeness (QED) is 0.361. The average molecular weight is 418 g/mol. The lowest BCUT2D eigenvalue weighted by Gasteiger charge is -2.16. The Morgan fingerprint density at radius 1 is 1.30 bits per heavy atom. The van der Waals surface area contributed by atoms with Gasteiger partial charge in [0.2, 0.25) is 5.91 Å². The predicted octanol–water partition coefficient (Wildman–Crippen LogP) is -2.03. The van der Waals surface area contributed by atoms with E-state index in [9.17, 15) is 20.1 Å². The Kier molecular flexibility index (Phi) is 5.11. The molecule has 3 aromatic rings. The lowest BCUT2D eigenvalue weighted by molar-refractivity contribution is -0.129. The van der Waals surface area contributed by atoms with E-state index < -0.39 is 31.1 Å². The molecule has 160 valence electrons. The van der Waals surface area contributed by atoms with E-state index in [1.54, 1.807) is 20.3 Å². The van der Waals surface area contributed by atoms with Crippen LogP contribution in [-0.2, 0) is 16.1 Å². The maximum atomic E-state index is 11.9. The first-order valence-corrected chi connectivity index (χ1v) is 9.15. The molecule has 0 aliphatic carbocycles. The molecule has 1 aliphatic heterocycles. The number of aliphatic hydroxyl groups is 3. The molecule has 1 fully saturated rings. The second-order valence-electron chi connectivity index (χ2n) is 7.20. The van der Waals surface area contributed by atoms with Crippen molar-refractivity contribution < 1.29 is 24.9 Å². The molecule has 30 heavy (non-hydrogen) atoms. The zero-order chi connectivity index (χ0) is 21.6. The molecule has 0 radical (unpaired) electrons. The number of fused-ring (bicyclic) bond motifs is 1. The molecular weight excluding hydrogens is 396 g/mol. The van der Waals surface area contributed by atoms with Gasteiger partial charge in [-0.1, -0.05) is 0 Å². The van der Waals surface area contributed by atoms with Crippen molar-refractivity contribution in [3.63, 3.8) is 0 Å². The number of likely N-dealkylation sites (N-methyl/N-ethyl adjacent to an activating group) is 1. The lowest BCUT2D eigenvalue weighted by Crippen LogP contribution is -2.33. The summed E-state index contributed by atoms with van der Waals surface area (Å²) in [4.78, 5) is 26.2. The van der Waals surface area contributed by atoms with E-state index in [1.165, 1.54) is 26.7 Å². The summed E-state index contributed by atoms with van der Waals surface area (Å²) in [5, 5.41) is 33.8. The van der Waals surface area contributed by atoms with E-state index in [0.717, 1.165) is 0 Å². The molecule has 0 saturated carbocycles. The van der Waals surface area contributed by atoms with E-state index >= 15 is 0 Å². The van der Waals surface area contributed by atoms with Gasteiger partial charge in [0, 0.05) is 20.3 Å². The molecule has 4 rings (SSSR count). The maximum Gasteiger partial charge on any atom is 0.243 e. The van der Waals surface area contributed by atoms with Crippen molar-refractivity contribution in [2.45, 2.75) is 31.1 Å². The minimum absolute atomic E-state index is 0.0607. The number of imidazole rings is 1. The number of nitrogen functional groups attached to an aromatic ring is 1. The fraction of sp³-hybridized carbons (Fsp3) is 0.471. The third kappa shape index (κ3) is 3.37.